The van der Waals surface area contributed by atoms with Crippen molar-refractivity contribution in [1.29, 1.82) is 0 Å². The van der Waals surface area contributed by atoms with Crippen molar-refractivity contribution >= 4 is 17.7 Å². The first-order chi connectivity index (χ1) is 23.0. The summed E-state index contributed by atoms with van der Waals surface area (Å²) in [5.41, 5.74) is 2.96. The van der Waals surface area contributed by atoms with Crippen molar-refractivity contribution in [2.75, 3.05) is 13.1 Å². The number of aliphatic hydroxyl groups excluding tert-OH is 1. The number of fused-ring (bicyclic) bond motifs is 7. The second-order valence-corrected chi connectivity index (χ2v) is 18.3. The van der Waals surface area contributed by atoms with Crippen LogP contribution in [-0.4, -0.2) is 42.0 Å². The molecule has 0 radical (unpaired) electrons. The summed E-state index contributed by atoms with van der Waals surface area (Å²) in [6.07, 6.45) is 10.6. The molecule has 49 heavy (non-hydrogen) atoms. The number of nitrogens with one attached hydrogen (secondary N) is 3. The molecule has 4 N–H and O–H groups in total. The van der Waals surface area contributed by atoms with Gasteiger partial charge in [0.15, 0.2) is 0 Å². The molecule has 270 valence electrons. The van der Waals surface area contributed by atoms with Crippen LogP contribution in [0.4, 0.5) is 0 Å². The zero-order valence-corrected chi connectivity index (χ0v) is 31.3. The number of carbonyl (C=O) groups excluding carboxylic acids is 3. The zero-order chi connectivity index (χ0) is 35.6. The fourth-order valence-corrected chi connectivity index (χ4v) is 13.2. The van der Waals surface area contributed by atoms with Gasteiger partial charge in [-0.1, -0.05) is 58.9 Å². The average molecular weight is 674 g/mol. The predicted molar refractivity (Wildman–Crippen MR) is 194 cm³/mol. The molecule has 0 heterocycles. The maximum Gasteiger partial charge on any atom is 0.251 e. The van der Waals surface area contributed by atoms with Crippen molar-refractivity contribution in [3.8, 4) is 0 Å². The van der Waals surface area contributed by atoms with Gasteiger partial charge < -0.3 is 21.1 Å². The molecule has 0 bridgehead atoms. The number of hydrogen-bond acceptors (Lipinski definition) is 4. The predicted octanol–water partition coefficient (Wildman–Crippen LogP) is 7.19. The molecule has 6 rings (SSSR count). The Labute approximate surface area is 295 Å². The number of carbonyl (C=O) groups is 3. The first-order valence-corrected chi connectivity index (χ1v) is 19.2. The van der Waals surface area contributed by atoms with E-state index in [2.05, 4.69) is 64.1 Å². The van der Waals surface area contributed by atoms with Gasteiger partial charge in [0, 0.05) is 32.1 Å². The highest BCUT2D eigenvalue weighted by atomic mass is 16.3. The van der Waals surface area contributed by atoms with E-state index in [1.54, 1.807) is 12.1 Å². The zero-order valence-electron chi connectivity index (χ0n) is 31.3. The summed E-state index contributed by atoms with van der Waals surface area (Å²) in [5.74, 6) is 2.25. The van der Waals surface area contributed by atoms with E-state index in [0.29, 0.717) is 54.8 Å². The molecule has 1 aromatic carbocycles. The molecule has 7 heteroatoms. The number of benzene rings is 1. The highest BCUT2D eigenvalue weighted by Crippen LogP contribution is 2.77. The van der Waals surface area contributed by atoms with E-state index in [1.165, 1.54) is 38.2 Å². The van der Waals surface area contributed by atoms with Gasteiger partial charge in [0.2, 0.25) is 11.8 Å². The molecule has 5 fully saturated rings. The highest BCUT2D eigenvalue weighted by molar-refractivity contribution is 5.94. The van der Waals surface area contributed by atoms with Gasteiger partial charge in [0.25, 0.3) is 5.91 Å². The van der Waals surface area contributed by atoms with Gasteiger partial charge in [0.05, 0.1) is 11.5 Å². The first kappa shape index (κ1) is 36.1. The lowest BCUT2D eigenvalue weighted by atomic mass is 9.32. The third kappa shape index (κ3) is 5.69. The van der Waals surface area contributed by atoms with Gasteiger partial charge in [-0.15, -0.1) is 0 Å². The third-order valence-electron chi connectivity index (χ3n) is 16.0. The van der Waals surface area contributed by atoms with Crippen LogP contribution < -0.4 is 16.0 Å². The molecule has 5 aliphatic rings. The molecule has 5 saturated carbocycles. The Morgan fingerprint density at radius 2 is 1.47 bits per heavy atom. The van der Waals surface area contributed by atoms with Crippen LogP contribution in [0.15, 0.2) is 36.4 Å². The number of hydrogen-bond donors (Lipinski definition) is 4. The minimum atomic E-state index is -0.372. The van der Waals surface area contributed by atoms with Crippen molar-refractivity contribution in [2.45, 2.75) is 125 Å². The summed E-state index contributed by atoms with van der Waals surface area (Å²) in [4.78, 5) is 38.2. The van der Waals surface area contributed by atoms with Crippen LogP contribution in [0.3, 0.4) is 0 Å². The van der Waals surface area contributed by atoms with Crippen molar-refractivity contribution in [3.05, 3.63) is 47.5 Å². The Morgan fingerprint density at radius 3 is 2.14 bits per heavy atom. The number of aliphatic hydroxyl groups is 1. The summed E-state index contributed by atoms with van der Waals surface area (Å²) >= 11 is 0. The van der Waals surface area contributed by atoms with Gasteiger partial charge in [-0.25, -0.2) is 0 Å². The maximum absolute atomic E-state index is 14.5. The van der Waals surface area contributed by atoms with Crippen LogP contribution in [-0.2, 0) is 16.1 Å². The minimum Gasteiger partial charge on any atom is -0.393 e. The maximum atomic E-state index is 14.5. The van der Waals surface area contributed by atoms with Crippen molar-refractivity contribution in [1.82, 2.24) is 16.0 Å². The molecular formula is C42H63N3O4. The van der Waals surface area contributed by atoms with E-state index in [0.717, 1.165) is 44.1 Å². The lowest BCUT2D eigenvalue weighted by Gasteiger charge is -2.72. The molecule has 0 aromatic heterocycles. The van der Waals surface area contributed by atoms with Crippen LogP contribution in [0.25, 0.3) is 0 Å². The Kier molecular flexibility index (Phi) is 9.46. The number of allylic oxidation sites excluding steroid dienone is 1. The Bertz CT molecular complexity index is 1470. The van der Waals surface area contributed by atoms with Gasteiger partial charge in [-0.05, 0) is 140 Å². The second kappa shape index (κ2) is 12.8. The van der Waals surface area contributed by atoms with Gasteiger partial charge in [0.1, 0.15) is 0 Å². The van der Waals surface area contributed by atoms with Crippen molar-refractivity contribution in [2.24, 2.45) is 56.7 Å². The average Bonchev–Trinajstić information content (AvgIpc) is 3.46. The topological polar surface area (TPSA) is 108 Å². The fraction of sp³-hybridized carbons (Fsp3) is 0.738. The van der Waals surface area contributed by atoms with Crippen LogP contribution in [0.5, 0.6) is 0 Å². The molecule has 0 saturated heterocycles. The summed E-state index contributed by atoms with van der Waals surface area (Å²) in [7, 11) is 0. The van der Waals surface area contributed by atoms with E-state index in [4.69, 9.17) is 0 Å². The monoisotopic (exact) mass is 673 g/mol. The molecule has 5 aliphatic carbocycles. The lowest BCUT2D eigenvalue weighted by Crippen LogP contribution is -2.67. The minimum absolute atomic E-state index is 0.0518. The molecule has 1 aromatic rings. The Balaban J connectivity index is 1.19. The standard InChI is InChI=1S/C42H63N3O4/c1-26(2)30-15-20-42(37(49)45-25-28-9-11-29(12-10-28)36(48)44-24-23-43-27(3)46)22-21-40(7)31(35(30)42)13-14-33-39(6)18-17-34(47)38(4,5)32(39)16-19-41(33,40)8/h9-12,30-35,47H,1,13-25H2,2-8H3,(H,43,46)(H,44,48)(H,45,49)/t30-,31?,32?,33?,34-,35?,39-,40+,41+,42-/m0/s1. The molecular weight excluding hydrogens is 610 g/mol. The molecule has 0 spiro atoms. The lowest BCUT2D eigenvalue weighted by molar-refractivity contribution is -0.246. The SMILES string of the molecule is C=C(C)[C@@H]1CC[C@]2(C(=O)NCc3ccc(C(=O)NCCNC(C)=O)cc3)CC[C@]3(C)C(CCC4[C@@]5(C)CC[C@H](O)C(C)(C)C5CC[C@]43C)C12. The molecule has 3 amide bonds. The fourth-order valence-electron chi connectivity index (χ4n) is 13.2. The van der Waals surface area contributed by atoms with Gasteiger partial charge >= 0.3 is 0 Å². The van der Waals surface area contributed by atoms with E-state index in [1.807, 2.05) is 12.1 Å². The number of rotatable bonds is 8. The van der Waals surface area contributed by atoms with Crippen molar-refractivity contribution < 1.29 is 19.5 Å². The summed E-state index contributed by atoms with van der Waals surface area (Å²) < 4.78 is 0. The second-order valence-electron chi connectivity index (χ2n) is 18.3. The number of amides is 3. The molecule has 0 aliphatic heterocycles. The quantitative estimate of drug-likeness (QED) is 0.173. The van der Waals surface area contributed by atoms with Gasteiger partial charge in [-0.3, -0.25) is 14.4 Å². The van der Waals surface area contributed by atoms with Gasteiger partial charge in [-0.2, -0.15) is 0 Å². The Morgan fingerprint density at radius 1 is 0.776 bits per heavy atom. The normalized spacial score (nSPS) is 40.5. The first-order valence-electron chi connectivity index (χ1n) is 19.2. The largest absolute Gasteiger partial charge is 0.393 e. The molecule has 7 nitrogen and oxygen atoms in total. The molecule has 4 unspecified atom stereocenters. The van der Waals surface area contributed by atoms with Crippen LogP contribution in [0, 0.1) is 56.7 Å². The highest BCUT2D eigenvalue weighted by Gasteiger charge is 2.71. The third-order valence-corrected chi connectivity index (χ3v) is 16.0. The van der Waals surface area contributed by atoms with E-state index >= 15 is 0 Å². The van der Waals surface area contributed by atoms with Crippen LogP contribution in [0.1, 0.15) is 129 Å². The summed E-state index contributed by atoms with van der Waals surface area (Å²) in [6, 6.07) is 7.45. The van der Waals surface area contributed by atoms with E-state index in [-0.39, 0.29) is 50.9 Å². The van der Waals surface area contributed by atoms with Crippen molar-refractivity contribution in [3.63, 3.8) is 0 Å². The summed E-state index contributed by atoms with van der Waals surface area (Å²) in [6.45, 7) is 21.8. The van der Waals surface area contributed by atoms with E-state index < -0.39 is 0 Å². The van der Waals surface area contributed by atoms with E-state index in [9.17, 15) is 19.5 Å². The van der Waals surface area contributed by atoms with Crippen LogP contribution in [0.2, 0.25) is 0 Å². The van der Waals surface area contributed by atoms with Crippen LogP contribution >= 0.6 is 0 Å². The smallest absolute Gasteiger partial charge is 0.251 e. The molecule has 10 atom stereocenters. The Hall–Kier alpha value is -2.67. The summed E-state index contributed by atoms with van der Waals surface area (Å²) in [5, 5.41) is 20.0.